The highest BCUT2D eigenvalue weighted by Crippen LogP contribution is 2.32. The highest BCUT2D eigenvalue weighted by molar-refractivity contribution is 6.33. The number of hydrogen-bond donors (Lipinski definition) is 2. The average molecular weight is 427 g/mol. The lowest BCUT2D eigenvalue weighted by atomic mass is 10.1. The van der Waals surface area contributed by atoms with Crippen molar-refractivity contribution in [3.63, 3.8) is 0 Å². The van der Waals surface area contributed by atoms with Gasteiger partial charge in [0.2, 0.25) is 11.8 Å². The molecule has 2 amide bonds. The lowest BCUT2D eigenvalue weighted by Gasteiger charge is -2.24. The second-order valence-corrected chi connectivity index (χ2v) is 7.10. The van der Waals surface area contributed by atoms with Crippen LogP contribution in [0.1, 0.15) is 12.5 Å². The normalized spacial score (nSPS) is 15.2. The minimum atomic E-state index is -0.817. The van der Waals surface area contributed by atoms with E-state index in [1.807, 2.05) is 24.3 Å². The van der Waals surface area contributed by atoms with Gasteiger partial charge >= 0.3 is 0 Å². The molecule has 1 aliphatic rings. The van der Waals surface area contributed by atoms with Crippen LogP contribution in [0.25, 0.3) is 11.3 Å². The van der Waals surface area contributed by atoms with Gasteiger partial charge in [-0.25, -0.2) is 4.68 Å². The Morgan fingerprint density at radius 2 is 1.83 bits per heavy atom. The fourth-order valence-electron chi connectivity index (χ4n) is 3.23. The Labute approximate surface area is 177 Å². The molecule has 0 saturated carbocycles. The molecular formula is C21H19ClN4O4. The van der Waals surface area contributed by atoms with Gasteiger partial charge in [0.1, 0.15) is 23.4 Å². The maximum Gasteiger partial charge on any atom is 0.249 e. The second-order valence-electron chi connectivity index (χ2n) is 6.69. The van der Waals surface area contributed by atoms with Gasteiger partial charge in [-0.05, 0) is 36.4 Å². The highest BCUT2D eigenvalue weighted by Gasteiger charge is 2.32. The van der Waals surface area contributed by atoms with Crippen LogP contribution in [0.3, 0.4) is 0 Å². The van der Waals surface area contributed by atoms with Crippen LogP contribution in [-0.2, 0) is 9.59 Å². The Morgan fingerprint density at radius 1 is 1.13 bits per heavy atom. The van der Waals surface area contributed by atoms with Crippen molar-refractivity contribution < 1.29 is 19.1 Å². The zero-order chi connectivity index (χ0) is 21.3. The van der Waals surface area contributed by atoms with Crippen LogP contribution < -0.4 is 20.1 Å². The maximum atomic E-state index is 13.0. The molecule has 9 heteroatoms. The van der Waals surface area contributed by atoms with Crippen molar-refractivity contribution in [3.05, 3.63) is 53.6 Å². The number of anilines is 2. The molecule has 3 aromatic rings. The standard InChI is InChI=1S/C21H19ClN4O4/c1-29-13-5-3-12(4-6-13)16-10-19-24-20(27)11-18(26(19)25-16)21(28)23-17-9-14(30-2)7-8-15(17)22/h3-10,18H,11H2,1-2H3,(H,23,28)(H,24,27)/t18-/m0/s1. The molecule has 4 rings (SSSR count). The Hall–Kier alpha value is -3.52. The molecule has 8 nitrogen and oxygen atoms in total. The summed E-state index contributed by atoms with van der Waals surface area (Å²) in [7, 11) is 3.12. The van der Waals surface area contributed by atoms with E-state index in [-0.39, 0.29) is 12.3 Å². The number of ether oxygens (including phenoxy) is 2. The van der Waals surface area contributed by atoms with Crippen molar-refractivity contribution in [2.24, 2.45) is 0 Å². The summed E-state index contributed by atoms with van der Waals surface area (Å²) in [5, 5.41) is 10.5. The van der Waals surface area contributed by atoms with Crippen LogP contribution in [0.15, 0.2) is 48.5 Å². The quantitative estimate of drug-likeness (QED) is 0.648. The molecule has 1 atom stereocenters. The Bertz CT molecular complexity index is 1110. The third-order valence-corrected chi connectivity index (χ3v) is 5.13. The number of carbonyl (C=O) groups excluding carboxylic acids is 2. The molecule has 0 spiro atoms. The molecule has 1 aliphatic heterocycles. The summed E-state index contributed by atoms with van der Waals surface area (Å²) in [5.74, 6) is 1.07. The summed E-state index contributed by atoms with van der Waals surface area (Å²) < 4.78 is 11.9. The zero-order valence-corrected chi connectivity index (χ0v) is 17.1. The molecule has 0 bridgehead atoms. The molecule has 30 heavy (non-hydrogen) atoms. The zero-order valence-electron chi connectivity index (χ0n) is 16.3. The van der Waals surface area contributed by atoms with Gasteiger partial charge in [0.05, 0.1) is 37.0 Å². The van der Waals surface area contributed by atoms with Gasteiger partial charge < -0.3 is 20.1 Å². The third-order valence-electron chi connectivity index (χ3n) is 4.80. The minimum Gasteiger partial charge on any atom is -0.497 e. The van der Waals surface area contributed by atoms with Gasteiger partial charge in [-0.1, -0.05) is 11.6 Å². The van der Waals surface area contributed by atoms with Crippen LogP contribution in [0.5, 0.6) is 11.5 Å². The smallest absolute Gasteiger partial charge is 0.249 e. The van der Waals surface area contributed by atoms with Crippen LogP contribution in [-0.4, -0.2) is 35.8 Å². The number of nitrogens with zero attached hydrogens (tertiary/aromatic N) is 2. The topological polar surface area (TPSA) is 94.5 Å². The number of aromatic nitrogens is 2. The van der Waals surface area contributed by atoms with Crippen molar-refractivity contribution >= 4 is 34.9 Å². The molecule has 1 aromatic heterocycles. The number of halogens is 1. The van der Waals surface area contributed by atoms with Crippen molar-refractivity contribution in [2.75, 3.05) is 24.9 Å². The minimum absolute atomic E-state index is 0.0375. The molecule has 2 N–H and O–H groups in total. The van der Waals surface area contributed by atoms with Crippen molar-refractivity contribution in [1.29, 1.82) is 0 Å². The largest absolute Gasteiger partial charge is 0.497 e. The molecule has 0 saturated heterocycles. The molecule has 2 aromatic carbocycles. The number of methoxy groups -OCH3 is 2. The predicted octanol–water partition coefficient (Wildman–Crippen LogP) is 3.74. The van der Waals surface area contributed by atoms with Crippen LogP contribution in [0.2, 0.25) is 5.02 Å². The second kappa shape index (κ2) is 8.08. The first-order valence-corrected chi connectivity index (χ1v) is 9.54. The van der Waals surface area contributed by atoms with E-state index < -0.39 is 11.9 Å². The summed E-state index contributed by atoms with van der Waals surface area (Å²) >= 11 is 6.19. The molecule has 0 aliphatic carbocycles. The number of fused-ring (bicyclic) bond motifs is 1. The lowest BCUT2D eigenvalue weighted by Crippen LogP contribution is -2.35. The Kier molecular flexibility index (Phi) is 5.33. The fraction of sp³-hybridized carbons (Fsp3) is 0.190. The third kappa shape index (κ3) is 3.81. The van der Waals surface area contributed by atoms with E-state index in [0.29, 0.717) is 28.0 Å². The van der Waals surface area contributed by atoms with E-state index in [4.69, 9.17) is 21.1 Å². The van der Waals surface area contributed by atoms with E-state index in [0.717, 1.165) is 11.3 Å². The van der Waals surface area contributed by atoms with Gasteiger partial charge in [0.15, 0.2) is 0 Å². The number of hydrogen-bond acceptors (Lipinski definition) is 5. The first-order chi connectivity index (χ1) is 14.5. The summed E-state index contributed by atoms with van der Waals surface area (Å²) in [6, 6.07) is 13.2. The fourth-order valence-corrected chi connectivity index (χ4v) is 3.40. The van der Waals surface area contributed by atoms with Crippen LogP contribution in [0, 0.1) is 0 Å². The number of rotatable bonds is 5. The van der Waals surface area contributed by atoms with E-state index in [9.17, 15) is 9.59 Å². The molecular weight excluding hydrogens is 408 g/mol. The lowest BCUT2D eigenvalue weighted by molar-refractivity contribution is -0.125. The highest BCUT2D eigenvalue weighted by atomic mass is 35.5. The van der Waals surface area contributed by atoms with Crippen molar-refractivity contribution in [3.8, 4) is 22.8 Å². The molecule has 0 radical (unpaired) electrons. The van der Waals surface area contributed by atoms with Crippen LogP contribution in [0.4, 0.5) is 11.5 Å². The summed E-state index contributed by atoms with van der Waals surface area (Å²) in [6.07, 6.45) is -0.0375. The number of benzene rings is 2. The van der Waals surface area contributed by atoms with Crippen molar-refractivity contribution in [1.82, 2.24) is 9.78 Å². The van der Waals surface area contributed by atoms with Crippen LogP contribution >= 0.6 is 11.6 Å². The number of carbonyl (C=O) groups is 2. The SMILES string of the molecule is COc1ccc(-c2cc3n(n2)[C@H](C(=O)Nc2cc(OC)ccc2Cl)CC(=O)N3)cc1. The van der Waals surface area contributed by atoms with Gasteiger partial charge in [-0.3, -0.25) is 9.59 Å². The van der Waals surface area contributed by atoms with Gasteiger partial charge in [-0.2, -0.15) is 5.10 Å². The number of amides is 2. The maximum absolute atomic E-state index is 13.0. The van der Waals surface area contributed by atoms with E-state index in [1.54, 1.807) is 31.4 Å². The van der Waals surface area contributed by atoms with E-state index in [1.165, 1.54) is 11.8 Å². The molecule has 0 unspecified atom stereocenters. The van der Waals surface area contributed by atoms with E-state index >= 15 is 0 Å². The first kappa shape index (κ1) is 19.8. The summed E-state index contributed by atoms with van der Waals surface area (Å²) in [4.78, 5) is 25.2. The van der Waals surface area contributed by atoms with E-state index in [2.05, 4.69) is 15.7 Å². The summed E-state index contributed by atoms with van der Waals surface area (Å²) in [5.41, 5.74) is 1.87. The Morgan fingerprint density at radius 3 is 2.53 bits per heavy atom. The van der Waals surface area contributed by atoms with Crippen molar-refractivity contribution in [2.45, 2.75) is 12.5 Å². The molecule has 154 valence electrons. The monoisotopic (exact) mass is 426 g/mol. The number of nitrogens with one attached hydrogen (secondary N) is 2. The molecule has 0 fully saturated rings. The Balaban J connectivity index is 1.63. The summed E-state index contributed by atoms with van der Waals surface area (Å²) in [6.45, 7) is 0. The first-order valence-electron chi connectivity index (χ1n) is 9.16. The molecule has 2 heterocycles. The van der Waals surface area contributed by atoms with Gasteiger partial charge in [0.25, 0.3) is 0 Å². The van der Waals surface area contributed by atoms with Gasteiger partial charge in [0, 0.05) is 17.7 Å². The predicted molar refractivity (Wildman–Crippen MR) is 113 cm³/mol. The average Bonchev–Trinajstić information content (AvgIpc) is 3.18. The van der Waals surface area contributed by atoms with Gasteiger partial charge in [-0.15, -0.1) is 0 Å².